The van der Waals surface area contributed by atoms with E-state index >= 15 is 0 Å². The van der Waals surface area contributed by atoms with Crippen LogP contribution in [0.4, 0.5) is 5.69 Å². The third-order valence-corrected chi connectivity index (χ3v) is 4.13. The maximum absolute atomic E-state index is 12.6. The maximum atomic E-state index is 12.6. The fourth-order valence-corrected chi connectivity index (χ4v) is 2.74. The van der Waals surface area contributed by atoms with E-state index in [-0.39, 0.29) is 10.9 Å². The molecule has 1 aliphatic rings. The smallest absolute Gasteiger partial charge is 0.237 e. The van der Waals surface area contributed by atoms with Crippen LogP contribution in [0, 0.1) is 5.41 Å². The number of hydrogen-bond donors (Lipinski definition) is 2. The molecule has 2 rings (SSSR count). The number of carbonyl (C=O) groups is 1. The average Bonchev–Trinajstić information content (AvgIpc) is 2.79. The monoisotopic (exact) mass is 296 g/mol. The number of nitrogens with two attached hydrogens (primary N) is 1. The van der Waals surface area contributed by atoms with Crippen LogP contribution in [0.2, 0.25) is 0 Å². The minimum absolute atomic E-state index is 0.156. The number of thiocarbonyl (C=S) groups is 1. The van der Waals surface area contributed by atoms with Crippen LogP contribution in [0.5, 0.6) is 0 Å². The van der Waals surface area contributed by atoms with Crippen LogP contribution < -0.4 is 11.1 Å². The molecule has 0 spiro atoms. The number of aromatic nitrogens is 2. The predicted octanol–water partition coefficient (Wildman–Crippen LogP) is 1.00. The van der Waals surface area contributed by atoms with Crippen molar-refractivity contribution in [1.82, 2.24) is 9.78 Å². The van der Waals surface area contributed by atoms with Crippen molar-refractivity contribution < 1.29 is 9.53 Å². The number of carbonyl (C=O) groups excluding carboxylic acids is 1. The topological polar surface area (TPSA) is 82.2 Å². The molecule has 0 bridgehead atoms. The van der Waals surface area contributed by atoms with Gasteiger partial charge in [-0.3, -0.25) is 9.48 Å². The van der Waals surface area contributed by atoms with Crippen molar-refractivity contribution in [1.29, 1.82) is 0 Å². The Morgan fingerprint density at radius 2 is 2.25 bits per heavy atom. The lowest BCUT2D eigenvalue weighted by atomic mass is 9.79. The van der Waals surface area contributed by atoms with Gasteiger partial charge in [-0.05, 0) is 19.3 Å². The standard InChI is InChI=1S/C13H20N4O2S/c1-3-9-10(8-17(2)16-9)15-12(18)13(11(14)20)4-6-19-7-5-13/h8H,3-7H2,1-2H3,(H2,14,20)(H,15,18). The van der Waals surface area contributed by atoms with Gasteiger partial charge in [0, 0.05) is 26.5 Å². The van der Waals surface area contributed by atoms with Crippen molar-refractivity contribution in [3.8, 4) is 0 Å². The van der Waals surface area contributed by atoms with Crippen molar-refractivity contribution in [2.24, 2.45) is 18.2 Å². The zero-order chi connectivity index (χ0) is 14.8. The van der Waals surface area contributed by atoms with Crippen LogP contribution in [-0.2, 0) is 23.0 Å². The highest BCUT2D eigenvalue weighted by atomic mass is 32.1. The van der Waals surface area contributed by atoms with E-state index in [1.807, 2.05) is 14.0 Å². The summed E-state index contributed by atoms with van der Waals surface area (Å²) >= 11 is 5.13. The average molecular weight is 296 g/mol. The number of anilines is 1. The normalized spacial score (nSPS) is 17.7. The number of ether oxygens (including phenoxy) is 1. The quantitative estimate of drug-likeness (QED) is 0.810. The molecule has 7 heteroatoms. The van der Waals surface area contributed by atoms with Gasteiger partial charge >= 0.3 is 0 Å². The largest absolute Gasteiger partial charge is 0.392 e. The van der Waals surface area contributed by atoms with Crippen LogP contribution in [-0.4, -0.2) is 33.9 Å². The third kappa shape index (κ3) is 2.69. The minimum Gasteiger partial charge on any atom is -0.392 e. The van der Waals surface area contributed by atoms with E-state index in [1.165, 1.54) is 0 Å². The summed E-state index contributed by atoms with van der Waals surface area (Å²) in [5.74, 6) is -0.156. The number of nitrogens with zero attached hydrogens (tertiary/aromatic N) is 2. The summed E-state index contributed by atoms with van der Waals surface area (Å²) in [6.07, 6.45) is 3.59. The van der Waals surface area contributed by atoms with Gasteiger partial charge in [-0.25, -0.2) is 0 Å². The van der Waals surface area contributed by atoms with E-state index < -0.39 is 5.41 Å². The van der Waals surface area contributed by atoms with E-state index in [9.17, 15) is 4.79 Å². The lowest BCUT2D eigenvalue weighted by molar-refractivity contribution is -0.126. The van der Waals surface area contributed by atoms with Crippen LogP contribution in [0.1, 0.15) is 25.5 Å². The Labute approximate surface area is 123 Å². The van der Waals surface area contributed by atoms with Crippen LogP contribution in [0.15, 0.2) is 6.20 Å². The highest BCUT2D eigenvalue weighted by Crippen LogP contribution is 2.33. The zero-order valence-electron chi connectivity index (χ0n) is 11.8. The van der Waals surface area contributed by atoms with Crippen LogP contribution in [0.25, 0.3) is 0 Å². The van der Waals surface area contributed by atoms with Crippen LogP contribution >= 0.6 is 12.2 Å². The summed E-state index contributed by atoms with van der Waals surface area (Å²) in [6.45, 7) is 2.99. The second kappa shape index (κ2) is 5.88. The Morgan fingerprint density at radius 1 is 1.60 bits per heavy atom. The lowest BCUT2D eigenvalue weighted by Crippen LogP contribution is -2.49. The molecule has 3 N–H and O–H groups in total. The summed E-state index contributed by atoms with van der Waals surface area (Å²) in [4.78, 5) is 12.9. The Morgan fingerprint density at radius 3 is 2.80 bits per heavy atom. The van der Waals surface area contributed by atoms with Crippen molar-refractivity contribution in [2.75, 3.05) is 18.5 Å². The zero-order valence-corrected chi connectivity index (χ0v) is 12.6. The fraction of sp³-hybridized carbons (Fsp3) is 0.615. The highest BCUT2D eigenvalue weighted by molar-refractivity contribution is 7.80. The van der Waals surface area contributed by atoms with E-state index in [0.717, 1.165) is 17.8 Å². The number of aryl methyl sites for hydroxylation is 2. The van der Waals surface area contributed by atoms with E-state index in [0.29, 0.717) is 26.1 Å². The van der Waals surface area contributed by atoms with Gasteiger partial charge in [0.1, 0.15) is 5.41 Å². The van der Waals surface area contributed by atoms with E-state index in [2.05, 4.69) is 10.4 Å². The molecule has 1 aromatic heterocycles. The maximum Gasteiger partial charge on any atom is 0.237 e. The first-order chi connectivity index (χ1) is 9.49. The van der Waals surface area contributed by atoms with Crippen LogP contribution in [0.3, 0.4) is 0 Å². The number of rotatable bonds is 4. The Kier molecular flexibility index (Phi) is 4.39. The molecule has 0 radical (unpaired) electrons. The SMILES string of the molecule is CCc1nn(C)cc1NC(=O)C1(C(N)=S)CCOCC1. The molecule has 1 saturated heterocycles. The summed E-state index contributed by atoms with van der Waals surface area (Å²) in [5, 5.41) is 7.24. The first kappa shape index (κ1) is 14.9. The Bertz CT molecular complexity index is 520. The molecule has 2 heterocycles. The summed E-state index contributed by atoms with van der Waals surface area (Å²) in [6, 6.07) is 0. The third-order valence-electron chi connectivity index (χ3n) is 3.74. The van der Waals surface area contributed by atoms with Crippen molar-refractivity contribution >= 4 is 28.8 Å². The molecule has 1 fully saturated rings. The Balaban J connectivity index is 2.22. The molecule has 0 unspecified atom stereocenters. The molecular weight excluding hydrogens is 276 g/mol. The second-order valence-electron chi connectivity index (χ2n) is 5.03. The van der Waals surface area contributed by atoms with Crippen molar-refractivity contribution in [2.45, 2.75) is 26.2 Å². The number of nitrogens with one attached hydrogen (secondary N) is 1. The minimum atomic E-state index is -0.811. The molecule has 0 atom stereocenters. The second-order valence-corrected chi connectivity index (χ2v) is 5.47. The van der Waals surface area contributed by atoms with Gasteiger partial charge in [-0.1, -0.05) is 19.1 Å². The predicted molar refractivity (Wildman–Crippen MR) is 80.5 cm³/mol. The van der Waals surface area contributed by atoms with Gasteiger partial charge in [-0.2, -0.15) is 5.10 Å². The molecule has 1 amide bonds. The van der Waals surface area contributed by atoms with Gasteiger partial charge in [0.25, 0.3) is 0 Å². The van der Waals surface area contributed by atoms with E-state index in [4.69, 9.17) is 22.7 Å². The molecular formula is C13H20N4O2S. The fourth-order valence-electron chi connectivity index (χ4n) is 2.45. The number of amides is 1. The Hall–Kier alpha value is -1.47. The molecule has 1 aromatic rings. The van der Waals surface area contributed by atoms with Gasteiger partial charge in [0.2, 0.25) is 5.91 Å². The summed E-state index contributed by atoms with van der Waals surface area (Å²) < 4.78 is 7.00. The molecule has 6 nitrogen and oxygen atoms in total. The molecule has 0 aromatic carbocycles. The first-order valence-corrected chi connectivity index (χ1v) is 7.12. The van der Waals surface area contributed by atoms with E-state index in [1.54, 1.807) is 10.9 Å². The summed E-state index contributed by atoms with van der Waals surface area (Å²) in [7, 11) is 1.83. The molecule has 110 valence electrons. The number of hydrogen-bond acceptors (Lipinski definition) is 4. The molecule has 0 saturated carbocycles. The summed E-state index contributed by atoms with van der Waals surface area (Å²) in [5.41, 5.74) is 6.59. The van der Waals surface area contributed by atoms with Crippen molar-refractivity contribution in [3.05, 3.63) is 11.9 Å². The highest BCUT2D eigenvalue weighted by Gasteiger charge is 2.43. The molecule has 20 heavy (non-hydrogen) atoms. The lowest BCUT2D eigenvalue weighted by Gasteiger charge is -2.34. The van der Waals surface area contributed by atoms with Gasteiger partial charge in [0.15, 0.2) is 0 Å². The first-order valence-electron chi connectivity index (χ1n) is 6.71. The molecule has 0 aliphatic carbocycles. The van der Waals surface area contributed by atoms with Gasteiger partial charge < -0.3 is 15.8 Å². The van der Waals surface area contributed by atoms with Gasteiger partial charge in [0.05, 0.1) is 16.4 Å². The van der Waals surface area contributed by atoms with Crippen molar-refractivity contribution in [3.63, 3.8) is 0 Å². The van der Waals surface area contributed by atoms with Gasteiger partial charge in [-0.15, -0.1) is 0 Å². The molecule has 1 aliphatic heterocycles.